The van der Waals surface area contributed by atoms with Crippen LogP contribution in [0.3, 0.4) is 0 Å². The Morgan fingerprint density at radius 3 is 2.54 bits per heavy atom. The molecule has 2 rings (SSSR count). The first-order valence-electron chi connectivity index (χ1n) is 7.27. The average Bonchev–Trinajstić information content (AvgIpc) is 2.92. The van der Waals surface area contributed by atoms with Crippen LogP contribution in [0.15, 0.2) is 36.7 Å². The Balaban J connectivity index is 2.11. The molecule has 0 aliphatic rings. The molecule has 0 aliphatic heterocycles. The summed E-state index contributed by atoms with van der Waals surface area (Å²) in [6.07, 6.45) is -3.16. The predicted octanol–water partition coefficient (Wildman–Crippen LogP) is 2.30. The summed E-state index contributed by atoms with van der Waals surface area (Å²) in [6.45, 7) is 1.38. The van der Waals surface area contributed by atoms with E-state index in [0.717, 1.165) is 4.57 Å². The van der Waals surface area contributed by atoms with Crippen LogP contribution in [0, 0.1) is 6.92 Å². The lowest BCUT2D eigenvalue weighted by atomic mass is 9.97. The zero-order chi connectivity index (χ0) is 18.0. The highest BCUT2D eigenvalue weighted by molar-refractivity contribution is 5.95. The summed E-state index contributed by atoms with van der Waals surface area (Å²) in [5, 5.41) is 12.6. The maximum Gasteiger partial charge on any atom is 0.424 e. The van der Waals surface area contributed by atoms with Crippen molar-refractivity contribution < 1.29 is 23.1 Å². The molecular formula is C16H18F3N3O2. The number of benzene rings is 1. The molecular weight excluding hydrogens is 323 g/mol. The predicted molar refractivity (Wildman–Crippen MR) is 81.3 cm³/mol. The lowest BCUT2D eigenvalue weighted by molar-refractivity contribution is -0.272. The lowest BCUT2D eigenvalue weighted by Gasteiger charge is -2.30. The second kappa shape index (κ2) is 6.64. The Morgan fingerprint density at radius 1 is 1.33 bits per heavy atom. The van der Waals surface area contributed by atoms with E-state index in [-0.39, 0.29) is 6.54 Å². The first-order chi connectivity index (χ1) is 11.2. The fraction of sp³-hybridized carbons (Fsp3) is 0.375. The van der Waals surface area contributed by atoms with Gasteiger partial charge in [0.05, 0.1) is 0 Å². The molecule has 0 saturated heterocycles. The van der Waals surface area contributed by atoms with Crippen LogP contribution in [0.4, 0.5) is 13.2 Å². The molecule has 0 aliphatic carbocycles. The lowest BCUT2D eigenvalue weighted by Crippen LogP contribution is -2.46. The molecule has 1 heterocycles. The number of aromatic nitrogens is 2. The van der Waals surface area contributed by atoms with Gasteiger partial charge in [-0.25, -0.2) is 4.98 Å². The highest BCUT2D eigenvalue weighted by atomic mass is 19.4. The van der Waals surface area contributed by atoms with Crippen LogP contribution in [0.2, 0.25) is 0 Å². The van der Waals surface area contributed by atoms with Crippen molar-refractivity contribution >= 4 is 5.91 Å². The zero-order valence-corrected chi connectivity index (χ0v) is 13.3. The van der Waals surface area contributed by atoms with E-state index in [4.69, 9.17) is 0 Å². The molecule has 2 N–H and O–H groups in total. The summed E-state index contributed by atoms with van der Waals surface area (Å²) in [4.78, 5) is 15.7. The number of alkyl halides is 3. The number of aryl methyl sites for hydroxylation is 2. The minimum absolute atomic E-state index is 0.351. The maximum atomic E-state index is 13.3. The first-order valence-corrected chi connectivity index (χ1v) is 7.27. The fourth-order valence-corrected chi connectivity index (χ4v) is 2.42. The van der Waals surface area contributed by atoms with Crippen LogP contribution in [0.1, 0.15) is 28.2 Å². The van der Waals surface area contributed by atoms with Crippen LogP contribution < -0.4 is 5.32 Å². The number of hydrogen-bond donors (Lipinski definition) is 2. The number of rotatable bonds is 5. The quantitative estimate of drug-likeness (QED) is 0.877. The van der Waals surface area contributed by atoms with Gasteiger partial charge in [-0.1, -0.05) is 18.2 Å². The Bertz CT molecular complexity index is 727. The molecule has 8 heteroatoms. The molecule has 1 aromatic carbocycles. The number of imidazole rings is 1. The fourth-order valence-electron chi connectivity index (χ4n) is 2.42. The van der Waals surface area contributed by atoms with Crippen molar-refractivity contribution in [1.82, 2.24) is 14.9 Å². The van der Waals surface area contributed by atoms with Crippen LogP contribution in [0.5, 0.6) is 0 Å². The standard InChI is InChI=1S/C16H18F3N3O2/c1-11-5-3-4-6-12(11)13(23)20-8-7-15(24,16(17,18)19)14-21-9-10-22(14)2/h3-6,9-10,24H,7-8H2,1-2H3,(H,20,23). The van der Waals surface area contributed by atoms with Crippen molar-refractivity contribution in [2.24, 2.45) is 7.05 Å². The van der Waals surface area contributed by atoms with Gasteiger partial charge in [-0.05, 0) is 18.6 Å². The van der Waals surface area contributed by atoms with Gasteiger partial charge < -0.3 is 15.0 Å². The van der Waals surface area contributed by atoms with E-state index in [1.807, 2.05) is 0 Å². The van der Waals surface area contributed by atoms with Gasteiger partial charge in [0.25, 0.3) is 5.91 Å². The van der Waals surface area contributed by atoms with Crippen molar-refractivity contribution in [2.75, 3.05) is 6.54 Å². The highest BCUT2D eigenvalue weighted by Crippen LogP contribution is 2.40. The second-order valence-corrected chi connectivity index (χ2v) is 5.54. The van der Waals surface area contributed by atoms with Gasteiger partial charge in [-0.15, -0.1) is 0 Å². The summed E-state index contributed by atoms with van der Waals surface area (Å²) < 4.78 is 41.1. The number of nitrogens with one attached hydrogen (secondary N) is 1. The van der Waals surface area contributed by atoms with Crippen LogP contribution in [-0.4, -0.2) is 33.3 Å². The number of amides is 1. The third-order valence-corrected chi connectivity index (χ3v) is 3.82. The Hall–Kier alpha value is -2.35. The third-order valence-electron chi connectivity index (χ3n) is 3.82. The van der Waals surface area contributed by atoms with E-state index >= 15 is 0 Å². The number of carbonyl (C=O) groups is 1. The smallest absolute Gasteiger partial charge is 0.374 e. The summed E-state index contributed by atoms with van der Waals surface area (Å²) in [5.74, 6) is -1.00. The van der Waals surface area contributed by atoms with E-state index < -0.39 is 29.9 Å². The van der Waals surface area contributed by atoms with Crippen molar-refractivity contribution in [2.45, 2.75) is 25.1 Å². The van der Waals surface area contributed by atoms with Gasteiger partial charge in [-0.3, -0.25) is 4.79 Å². The molecule has 5 nitrogen and oxygen atoms in total. The van der Waals surface area contributed by atoms with Crippen molar-refractivity contribution in [3.05, 3.63) is 53.6 Å². The average molecular weight is 341 g/mol. The molecule has 1 amide bonds. The molecule has 1 atom stereocenters. The molecule has 24 heavy (non-hydrogen) atoms. The van der Waals surface area contributed by atoms with Crippen LogP contribution in [-0.2, 0) is 12.6 Å². The largest absolute Gasteiger partial charge is 0.424 e. The van der Waals surface area contributed by atoms with E-state index in [1.54, 1.807) is 31.2 Å². The molecule has 2 aromatic rings. The van der Waals surface area contributed by atoms with Gasteiger partial charge in [0.2, 0.25) is 5.60 Å². The second-order valence-electron chi connectivity index (χ2n) is 5.54. The minimum atomic E-state index is -4.92. The van der Waals surface area contributed by atoms with E-state index in [9.17, 15) is 23.1 Å². The molecule has 1 aromatic heterocycles. The van der Waals surface area contributed by atoms with E-state index in [0.29, 0.717) is 11.1 Å². The van der Waals surface area contributed by atoms with Crippen molar-refractivity contribution in [3.8, 4) is 0 Å². The number of nitrogens with zero attached hydrogens (tertiary/aromatic N) is 2. The molecule has 1 unspecified atom stereocenters. The van der Waals surface area contributed by atoms with Gasteiger partial charge in [0.1, 0.15) is 5.82 Å². The summed E-state index contributed by atoms with van der Waals surface area (Å²) in [7, 11) is 1.37. The SMILES string of the molecule is Cc1ccccc1C(=O)NCCC(O)(c1nccn1C)C(F)(F)F. The summed E-state index contributed by atoms with van der Waals surface area (Å²) >= 11 is 0. The number of aliphatic hydroxyl groups is 1. The Kier molecular flexibility index (Phi) is 4.98. The van der Waals surface area contributed by atoms with Gasteiger partial charge in [-0.2, -0.15) is 13.2 Å². The third kappa shape index (κ3) is 3.43. The van der Waals surface area contributed by atoms with E-state index in [2.05, 4.69) is 10.3 Å². The Labute approximate surface area is 137 Å². The summed E-state index contributed by atoms with van der Waals surface area (Å²) in [6, 6.07) is 6.74. The van der Waals surface area contributed by atoms with Gasteiger partial charge in [0, 0.05) is 38.0 Å². The van der Waals surface area contributed by atoms with Crippen molar-refractivity contribution in [3.63, 3.8) is 0 Å². The molecule has 0 bridgehead atoms. The van der Waals surface area contributed by atoms with E-state index in [1.165, 1.54) is 19.4 Å². The van der Waals surface area contributed by atoms with Crippen molar-refractivity contribution in [1.29, 1.82) is 0 Å². The van der Waals surface area contributed by atoms with Gasteiger partial charge in [0.15, 0.2) is 0 Å². The maximum absolute atomic E-state index is 13.3. The van der Waals surface area contributed by atoms with Gasteiger partial charge >= 0.3 is 6.18 Å². The molecule has 0 fully saturated rings. The monoisotopic (exact) mass is 341 g/mol. The first kappa shape index (κ1) is 18.0. The molecule has 0 spiro atoms. The molecule has 130 valence electrons. The molecule has 0 radical (unpaired) electrons. The number of carbonyl (C=O) groups excluding carboxylic acids is 1. The number of halogens is 3. The topological polar surface area (TPSA) is 67.2 Å². The summed E-state index contributed by atoms with van der Waals surface area (Å²) in [5.41, 5.74) is -2.04. The van der Waals surface area contributed by atoms with Crippen LogP contribution >= 0.6 is 0 Å². The minimum Gasteiger partial charge on any atom is -0.374 e. The zero-order valence-electron chi connectivity index (χ0n) is 13.3. The number of hydrogen-bond acceptors (Lipinski definition) is 3. The Morgan fingerprint density at radius 2 is 2.00 bits per heavy atom. The normalized spacial score (nSPS) is 14.2. The highest BCUT2D eigenvalue weighted by Gasteiger charge is 2.57. The van der Waals surface area contributed by atoms with Crippen LogP contribution in [0.25, 0.3) is 0 Å². The molecule has 0 saturated carbocycles.